The third-order valence-electron chi connectivity index (χ3n) is 2.54. The highest BCUT2D eigenvalue weighted by Crippen LogP contribution is 2.29. The summed E-state index contributed by atoms with van der Waals surface area (Å²) < 4.78 is 33.6. The number of aryl methyl sites for hydroxylation is 1. The van der Waals surface area contributed by atoms with E-state index in [0.29, 0.717) is 10.2 Å². The monoisotopic (exact) mass is 423 g/mol. The van der Waals surface area contributed by atoms with E-state index in [4.69, 9.17) is 9.52 Å². The average molecular weight is 425 g/mol. The van der Waals surface area contributed by atoms with Crippen LogP contribution in [0.5, 0.6) is 0 Å². The molecule has 0 bridgehead atoms. The van der Waals surface area contributed by atoms with Gasteiger partial charge in [0.25, 0.3) is 10.0 Å². The van der Waals surface area contributed by atoms with E-state index in [2.05, 4.69) is 36.6 Å². The zero-order valence-corrected chi connectivity index (χ0v) is 14.3. The van der Waals surface area contributed by atoms with Crippen LogP contribution in [0.15, 0.2) is 42.5 Å². The van der Waals surface area contributed by atoms with Gasteiger partial charge in [-0.2, -0.15) is 0 Å². The van der Waals surface area contributed by atoms with Gasteiger partial charge in [0.05, 0.1) is 5.69 Å². The minimum absolute atomic E-state index is 0.00780. The van der Waals surface area contributed by atoms with Crippen molar-refractivity contribution in [3.05, 3.63) is 44.7 Å². The zero-order chi connectivity index (χ0) is 14.9. The standard InChI is InChI=1S/C12H11Br2NO4S/c1-7-12(5-9(6-16)19-7)20(17,18)15-11-4-8(13)2-3-10(11)14/h2-5,15-16H,6H2,1H3. The molecule has 0 radical (unpaired) electrons. The average Bonchev–Trinajstić information content (AvgIpc) is 2.76. The first-order valence-corrected chi connectivity index (χ1v) is 8.58. The maximum Gasteiger partial charge on any atom is 0.265 e. The summed E-state index contributed by atoms with van der Waals surface area (Å²) in [7, 11) is -3.78. The third kappa shape index (κ3) is 3.25. The Morgan fingerprint density at radius 1 is 1.30 bits per heavy atom. The van der Waals surface area contributed by atoms with Crippen LogP contribution >= 0.6 is 31.9 Å². The second-order valence-corrected chi connectivity index (χ2v) is 7.44. The molecule has 0 aliphatic heterocycles. The topological polar surface area (TPSA) is 79.5 Å². The fraction of sp³-hybridized carbons (Fsp3) is 0.167. The Labute approximate surface area is 133 Å². The van der Waals surface area contributed by atoms with Crippen molar-refractivity contribution in [2.45, 2.75) is 18.4 Å². The second kappa shape index (κ2) is 5.88. The maximum atomic E-state index is 12.3. The number of aliphatic hydroxyl groups excluding tert-OH is 1. The van der Waals surface area contributed by atoms with Gasteiger partial charge in [-0.25, -0.2) is 8.42 Å². The van der Waals surface area contributed by atoms with E-state index in [9.17, 15) is 8.42 Å². The highest BCUT2D eigenvalue weighted by Gasteiger charge is 2.22. The van der Waals surface area contributed by atoms with Crippen molar-refractivity contribution in [3.8, 4) is 0 Å². The molecular formula is C12H11Br2NO4S. The van der Waals surface area contributed by atoms with E-state index < -0.39 is 10.0 Å². The maximum absolute atomic E-state index is 12.3. The van der Waals surface area contributed by atoms with Gasteiger partial charge in [0, 0.05) is 15.0 Å². The summed E-state index contributed by atoms with van der Waals surface area (Å²) >= 11 is 6.56. The summed E-state index contributed by atoms with van der Waals surface area (Å²) in [6, 6.07) is 6.46. The number of hydrogen-bond acceptors (Lipinski definition) is 4. The lowest BCUT2D eigenvalue weighted by Crippen LogP contribution is -2.13. The number of aliphatic hydroxyl groups is 1. The van der Waals surface area contributed by atoms with E-state index in [0.717, 1.165) is 4.47 Å². The highest BCUT2D eigenvalue weighted by atomic mass is 79.9. The minimum atomic E-state index is -3.78. The number of sulfonamides is 1. The molecule has 5 nitrogen and oxygen atoms in total. The largest absolute Gasteiger partial charge is 0.462 e. The number of halogens is 2. The van der Waals surface area contributed by atoms with Crippen molar-refractivity contribution in [2.24, 2.45) is 0 Å². The predicted molar refractivity (Wildman–Crippen MR) is 82.0 cm³/mol. The molecule has 0 amide bonds. The Bertz CT molecular complexity index is 740. The first-order valence-electron chi connectivity index (χ1n) is 5.51. The third-order valence-corrected chi connectivity index (χ3v) is 5.20. The molecule has 0 spiro atoms. The Kier molecular flexibility index (Phi) is 4.58. The SMILES string of the molecule is Cc1oc(CO)cc1S(=O)(=O)Nc1cc(Br)ccc1Br. The normalized spacial score (nSPS) is 11.6. The van der Waals surface area contributed by atoms with E-state index in [1.54, 1.807) is 18.2 Å². The van der Waals surface area contributed by atoms with Gasteiger partial charge in [-0.05, 0) is 41.1 Å². The molecule has 1 heterocycles. The van der Waals surface area contributed by atoms with Crippen molar-refractivity contribution in [1.82, 2.24) is 0 Å². The fourth-order valence-electron chi connectivity index (χ4n) is 1.64. The van der Waals surface area contributed by atoms with Gasteiger partial charge in [-0.3, -0.25) is 4.72 Å². The lowest BCUT2D eigenvalue weighted by molar-refractivity contribution is 0.245. The Morgan fingerprint density at radius 2 is 2.00 bits per heavy atom. The Hall–Kier alpha value is -0.830. The van der Waals surface area contributed by atoms with Gasteiger partial charge in [-0.1, -0.05) is 15.9 Å². The van der Waals surface area contributed by atoms with Crippen molar-refractivity contribution in [2.75, 3.05) is 4.72 Å². The van der Waals surface area contributed by atoms with Crippen LogP contribution in [-0.4, -0.2) is 13.5 Å². The van der Waals surface area contributed by atoms with Crippen LogP contribution < -0.4 is 4.72 Å². The first-order chi connectivity index (χ1) is 9.33. The molecular weight excluding hydrogens is 414 g/mol. The molecule has 0 saturated heterocycles. The van der Waals surface area contributed by atoms with Crippen molar-refractivity contribution >= 4 is 47.6 Å². The smallest absolute Gasteiger partial charge is 0.265 e. The van der Waals surface area contributed by atoms with Crippen LogP contribution in [0, 0.1) is 6.92 Å². The molecule has 8 heteroatoms. The van der Waals surface area contributed by atoms with Crippen molar-refractivity contribution < 1.29 is 17.9 Å². The molecule has 2 aromatic rings. The summed E-state index contributed by atoms with van der Waals surface area (Å²) in [5.74, 6) is 0.434. The lowest BCUT2D eigenvalue weighted by atomic mass is 10.3. The van der Waals surface area contributed by atoms with Crippen LogP contribution in [-0.2, 0) is 16.6 Å². The molecule has 108 valence electrons. The van der Waals surface area contributed by atoms with Gasteiger partial charge in [0.15, 0.2) is 0 Å². The number of benzene rings is 1. The number of anilines is 1. The van der Waals surface area contributed by atoms with E-state index >= 15 is 0 Å². The summed E-state index contributed by atoms with van der Waals surface area (Å²) in [5.41, 5.74) is 0.408. The first kappa shape index (κ1) is 15.6. The quantitative estimate of drug-likeness (QED) is 0.788. The summed E-state index contributed by atoms with van der Waals surface area (Å²) in [4.78, 5) is 0.00780. The fourth-order valence-corrected chi connectivity index (χ4v) is 3.76. The van der Waals surface area contributed by atoms with Crippen LogP contribution in [0.1, 0.15) is 11.5 Å². The summed E-state index contributed by atoms with van der Waals surface area (Å²) in [6.45, 7) is 1.18. The predicted octanol–water partition coefficient (Wildman–Crippen LogP) is 3.41. The van der Waals surface area contributed by atoms with E-state index in [1.165, 1.54) is 13.0 Å². The number of hydrogen-bond donors (Lipinski definition) is 2. The number of nitrogens with one attached hydrogen (secondary N) is 1. The molecule has 1 aromatic carbocycles. The summed E-state index contributed by atoms with van der Waals surface area (Å²) in [6.07, 6.45) is 0. The Morgan fingerprint density at radius 3 is 2.60 bits per heavy atom. The van der Waals surface area contributed by atoms with Gasteiger partial charge in [0.1, 0.15) is 23.0 Å². The number of furan rings is 1. The minimum Gasteiger partial charge on any atom is -0.462 e. The highest BCUT2D eigenvalue weighted by molar-refractivity contribution is 9.11. The number of rotatable bonds is 4. The lowest BCUT2D eigenvalue weighted by Gasteiger charge is -2.09. The van der Waals surface area contributed by atoms with E-state index in [-0.39, 0.29) is 23.0 Å². The van der Waals surface area contributed by atoms with Gasteiger partial charge < -0.3 is 9.52 Å². The Balaban J connectivity index is 2.40. The van der Waals surface area contributed by atoms with Gasteiger partial charge >= 0.3 is 0 Å². The second-order valence-electron chi connectivity index (χ2n) is 4.02. The van der Waals surface area contributed by atoms with Crippen molar-refractivity contribution in [1.29, 1.82) is 0 Å². The van der Waals surface area contributed by atoms with Gasteiger partial charge in [0.2, 0.25) is 0 Å². The van der Waals surface area contributed by atoms with E-state index in [1.807, 2.05) is 0 Å². The molecule has 2 N–H and O–H groups in total. The molecule has 0 aliphatic carbocycles. The summed E-state index contributed by atoms with van der Waals surface area (Å²) in [5, 5.41) is 8.99. The van der Waals surface area contributed by atoms with Crippen LogP contribution in [0.3, 0.4) is 0 Å². The molecule has 0 saturated carbocycles. The molecule has 20 heavy (non-hydrogen) atoms. The van der Waals surface area contributed by atoms with Crippen LogP contribution in [0.4, 0.5) is 5.69 Å². The van der Waals surface area contributed by atoms with Crippen LogP contribution in [0.25, 0.3) is 0 Å². The molecule has 0 unspecified atom stereocenters. The van der Waals surface area contributed by atoms with Gasteiger partial charge in [-0.15, -0.1) is 0 Å². The molecule has 2 rings (SSSR count). The van der Waals surface area contributed by atoms with Crippen LogP contribution in [0.2, 0.25) is 0 Å². The van der Waals surface area contributed by atoms with Crippen molar-refractivity contribution in [3.63, 3.8) is 0 Å². The molecule has 1 aromatic heterocycles. The molecule has 0 aliphatic rings. The zero-order valence-electron chi connectivity index (χ0n) is 10.4. The molecule has 0 atom stereocenters. The molecule has 0 fully saturated rings.